The Labute approximate surface area is 154 Å². The van der Waals surface area contributed by atoms with Gasteiger partial charge < -0.3 is 0 Å². The Morgan fingerprint density at radius 1 is 0.625 bits per heavy atom. The minimum absolute atomic E-state index is 0.202. The summed E-state index contributed by atoms with van der Waals surface area (Å²) in [6, 6.07) is 25.9. The summed E-state index contributed by atoms with van der Waals surface area (Å²) in [7, 11) is 0. The average Bonchev–Trinajstić information content (AvgIpc) is 2.56. The van der Waals surface area contributed by atoms with E-state index in [2.05, 4.69) is 94.1 Å². The van der Waals surface area contributed by atoms with Gasteiger partial charge in [0.2, 0.25) is 0 Å². The fourth-order valence-corrected chi connectivity index (χ4v) is 3.49. The summed E-state index contributed by atoms with van der Waals surface area (Å²) >= 11 is 6.14. The molecule has 0 aliphatic heterocycles. The summed E-state index contributed by atoms with van der Waals surface area (Å²) < 4.78 is 0. The zero-order valence-corrected chi connectivity index (χ0v) is 16.0. The Balaban J connectivity index is 1.73. The van der Waals surface area contributed by atoms with E-state index in [1.165, 1.54) is 26.5 Å². The van der Waals surface area contributed by atoms with Crippen LogP contribution in [0.4, 0.5) is 0 Å². The molecule has 0 aliphatic rings. The van der Waals surface area contributed by atoms with Crippen LogP contribution in [0.15, 0.2) is 87.5 Å². The van der Waals surface area contributed by atoms with Crippen molar-refractivity contribution in [2.45, 2.75) is 40.9 Å². The number of benzene rings is 3. The standard InChI is InChI=1S/C22H22S2/c1-22(2,3)18-8-14-21(15-9-18)24-20-12-6-17(7-13-20)16-4-10-19(23)11-5-16/h4-15,23H,1-3H3. The molecule has 0 N–H and O–H groups in total. The first-order valence-corrected chi connectivity index (χ1v) is 9.36. The molecule has 0 spiro atoms. The van der Waals surface area contributed by atoms with E-state index >= 15 is 0 Å². The van der Waals surface area contributed by atoms with Gasteiger partial charge in [-0.2, -0.15) is 0 Å². The van der Waals surface area contributed by atoms with E-state index in [4.69, 9.17) is 0 Å². The number of thiol groups is 1. The normalized spacial score (nSPS) is 11.5. The minimum atomic E-state index is 0.202. The molecule has 24 heavy (non-hydrogen) atoms. The Hall–Kier alpha value is -1.64. The van der Waals surface area contributed by atoms with Gasteiger partial charge in [0.25, 0.3) is 0 Å². The Morgan fingerprint density at radius 2 is 1.04 bits per heavy atom. The molecule has 2 heteroatoms. The van der Waals surface area contributed by atoms with Gasteiger partial charge in [-0.3, -0.25) is 0 Å². The van der Waals surface area contributed by atoms with Gasteiger partial charge in [0.05, 0.1) is 0 Å². The second-order valence-corrected chi connectivity index (χ2v) is 8.61. The highest BCUT2D eigenvalue weighted by Crippen LogP contribution is 2.31. The van der Waals surface area contributed by atoms with Gasteiger partial charge in [0.1, 0.15) is 0 Å². The third-order valence-electron chi connectivity index (χ3n) is 4.01. The van der Waals surface area contributed by atoms with Gasteiger partial charge in [0, 0.05) is 14.7 Å². The Bertz CT molecular complexity index is 793. The van der Waals surface area contributed by atoms with E-state index in [-0.39, 0.29) is 5.41 Å². The molecule has 0 saturated carbocycles. The lowest BCUT2D eigenvalue weighted by Gasteiger charge is -2.19. The molecule has 0 aromatic heterocycles. The predicted molar refractivity (Wildman–Crippen MR) is 108 cm³/mol. The molecule has 3 rings (SSSR count). The molecule has 0 amide bonds. The molecule has 0 aliphatic carbocycles. The van der Waals surface area contributed by atoms with E-state index in [0.717, 1.165) is 4.90 Å². The second-order valence-electron chi connectivity index (χ2n) is 6.95. The fourth-order valence-electron chi connectivity index (χ4n) is 2.53. The van der Waals surface area contributed by atoms with E-state index in [1.807, 2.05) is 12.1 Å². The molecule has 0 unspecified atom stereocenters. The van der Waals surface area contributed by atoms with Crippen molar-refractivity contribution in [2.75, 3.05) is 0 Å². The molecular weight excluding hydrogens is 328 g/mol. The van der Waals surface area contributed by atoms with E-state index in [0.29, 0.717) is 0 Å². The van der Waals surface area contributed by atoms with E-state index in [9.17, 15) is 0 Å². The van der Waals surface area contributed by atoms with Gasteiger partial charge in [-0.15, -0.1) is 12.6 Å². The molecule has 0 radical (unpaired) electrons. The van der Waals surface area contributed by atoms with Crippen LogP contribution >= 0.6 is 24.4 Å². The van der Waals surface area contributed by atoms with Gasteiger partial charge in [-0.05, 0) is 58.5 Å². The van der Waals surface area contributed by atoms with Crippen LogP contribution in [0.5, 0.6) is 0 Å². The van der Waals surface area contributed by atoms with Crippen molar-refractivity contribution in [3.63, 3.8) is 0 Å². The molecule has 0 atom stereocenters. The number of hydrogen-bond donors (Lipinski definition) is 1. The lowest BCUT2D eigenvalue weighted by Crippen LogP contribution is -2.10. The van der Waals surface area contributed by atoms with Crippen molar-refractivity contribution < 1.29 is 0 Å². The maximum atomic E-state index is 4.34. The lowest BCUT2D eigenvalue weighted by molar-refractivity contribution is 0.590. The van der Waals surface area contributed by atoms with Gasteiger partial charge in [0.15, 0.2) is 0 Å². The minimum Gasteiger partial charge on any atom is -0.143 e. The average molecular weight is 351 g/mol. The van der Waals surface area contributed by atoms with Crippen molar-refractivity contribution in [1.29, 1.82) is 0 Å². The topological polar surface area (TPSA) is 0 Å². The molecule has 0 nitrogen and oxygen atoms in total. The van der Waals surface area contributed by atoms with Crippen molar-refractivity contribution in [3.8, 4) is 11.1 Å². The largest absolute Gasteiger partial charge is 0.143 e. The van der Waals surface area contributed by atoms with E-state index in [1.54, 1.807) is 11.8 Å². The van der Waals surface area contributed by atoms with Crippen LogP contribution in [0.25, 0.3) is 11.1 Å². The van der Waals surface area contributed by atoms with Crippen LogP contribution in [-0.2, 0) is 5.41 Å². The molecule has 0 saturated heterocycles. The molecule has 0 bridgehead atoms. The quantitative estimate of drug-likeness (QED) is 0.492. The molecular formula is C22H22S2. The SMILES string of the molecule is CC(C)(C)c1ccc(Sc2ccc(-c3ccc(S)cc3)cc2)cc1. The zero-order valence-electron chi connectivity index (χ0n) is 14.3. The summed E-state index contributed by atoms with van der Waals surface area (Å²) in [5.74, 6) is 0. The summed E-state index contributed by atoms with van der Waals surface area (Å²) in [4.78, 5) is 3.52. The molecule has 122 valence electrons. The highest BCUT2D eigenvalue weighted by Gasteiger charge is 2.12. The summed E-state index contributed by atoms with van der Waals surface area (Å²) in [5.41, 5.74) is 4.03. The summed E-state index contributed by atoms with van der Waals surface area (Å²) in [6.45, 7) is 6.73. The third-order valence-corrected chi connectivity index (χ3v) is 5.32. The van der Waals surface area contributed by atoms with Gasteiger partial charge in [-0.1, -0.05) is 68.9 Å². The second kappa shape index (κ2) is 7.08. The zero-order chi connectivity index (χ0) is 17.2. The molecule has 3 aromatic carbocycles. The first kappa shape index (κ1) is 17.2. The van der Waals surface area contributed by atoms with Crippen LogP contribution in [-0.4, -0.2) is 0 Å². The highest BCUT2D eigenvalue weighted by atomic mass is 32.2. The van der Waals surface area contributed by atoms with Crippen molar-refractivity contribution >= 4 is 24.4 Å². The number of hydrogen-bond acceptors (Lipinski definition) is 2. The maximum absolute atomic E-state index is 4.34. The van der Waals surface area contributed by atoms with Crippen molar-refractivity contribution in [3.05, 3.63) is 78.4 Å². The highest BCUT2D eigenvalue weighted by molar-refractivity contribution is 7.99. The van der Waals surface area contributed by atoms with Crippen molar-refractivity contribution in [2.24, 2.45) is 0 Å². The molecule has 0 heterocycles. The number of rotatable bonds is 3. The summed E-state index contributed by atoms with van der Waals surface area (Å²) in [5, 5.41) is 0. The van der Waals surface area contributed by atoms with Crippen LogP contribution in [0.2, 0.25) is 0 Å². The lowest BCUT2D eigenvalue weighted by atomic mass is 9.87. The molecule has 3 aromatic rings. The molecule has 0 fully saturated rings. The fraction of sp³-hybridized carbons (Fsp3) is 0.182. The van der Waals surface area contributed by atoms with Crippen LogP contribution in [0.1, 0.15) is 26.3 Å². The Kier molecular flexibility index (Phi) is 5.07. The van der Waals surface area contributed by atoms with Crippen LogP contribution < -0.4 is 0 Å². The van der Waals surface area contributed by atoms with Gasteiger partial charge >= 0.3 is 0 Å². The van der Waals surface area contributed by atoms with Gasteiger partial charge in [-0.25, -0.2) is 0 Å². The first-order valence-electron chi connectivity index (χ1n) is 8.10. The Morgan fingerprint density at radius 3 is 1.50 bits per heavy atom. The predicted octanol–water partition coefficient (Wildman–Crippen LogP) is 7.09. The first-order chi connectivity index (χ1) is 11.4. The van der Waals surface area contributed by atoms with E-state index < -0.39 is 0 Å². The third kappa shape index (κ3) is 4.25. The van der Waals surface area contributed by atoms with Crippen LogP contribution in [0.3, 0.4) is 0 Å². The maximum Gasteiger partial charge on any atom is 0.0122 e. The monoisotopic (exact) mass is 350 g/mol. The smallest absolute Gasteiger partial charge is 0.0122 e. The summed E-state index contributed by atoms with van der Waals surface area (Å²) in [6.07, 6.45) is 0. The van der Waals surface area contributed by atoms with Crippen LogP contribution in [0, 0.1) is 0 Å². The van der Waals surface area contributed by atoms with Crippen molar-refractivity contribution in [1.82, 2.24) is 0 Å².